The smallest absolute Gasteiger partial charge is 0.264 e. The molecule has 0 saturated carbocycles. The molecule has 3 aromatic rings. The van der Waals surface area contributed by atoms with Crippen LogP contribution in [0, 0.1) is 11.3 Å². The Morgan fingerprint density at radius 1 is 1.11 bits per heavy atom. The van der Waals surface area contributed by atoms with E-state index in [1.165, 1.54) is 0 Å². The number of aromatic nitrogens is 3. The number of pyridine rings is 1. The van der Waals surface area contributed by atoms with Gasteiger partial charge in [-0.2, -0.15) is 10.4 Å². The summed E-state index contributed by atoms with van der Waals surface area (Å²) >= 11 is 0. The number of hydrogen-bond acceptors (Lipinski definition) is 4. The number of benzene rings is 1. The Kier molecular flexibility index (Phi) is 4.98. The minimum atomic E-state index is -0.218. The highest BCUT2D eigenvalue weighted by Crippen LogP contribution is 2.25. The van der Waals surface area contributed by atoms with E-state index in [4.69, 9.17) is 5.10 Å². The first-order chi connectivity index (χ1) is 13.8. The first-order valence-electron chi connectivity index (χ1n) is 9.23. The van der Waals surface area contributed by atoms with Crippen LogP contribution >= 0.6 is 0 Å². The van der Waals surface area contributed by atoms with Crippen molar-refractivity contribution < 1.29 is 4.79 Å². The van der Waals surface area contributed by atoms with E-state index in [0.29, 0.717) is 24.3 Å². The molecule has 0 radical (unpaired) electrons. The fourth-order valence-corrected chi connectivity index (χ4v) is 3.32. The zero-order valence-corrected chi connectivity index (χ0v) is 15.3. The summed E-state index contributed by atoms with van der Waals surface area (Å²) in [4.78, 5) is 18.6. The van der Waals surface area contributed by atoms with E-state index in [1.807, 2.05) is 48.7 Å². The Labute approximate surface area is 163 Å². The molecule has 138 valence electrons. The van der Waals surface area contributed by atoms with Gasteiger partial charge in [-0.05, 0) is 43.2 Å². The lowest BCUT2D eigenvalue weighted by atomic mass is 10.1. The van der Waals surface area contributed by atoms with Gasteiger partial charge in [0.2, 0.25) is 0 Å². The maximum atomic E-state index is 12.7. The molecular weight excluding hydrogens is 350 g/mol. The molecule has 0 N–H and O–H groups in total. The number of amides is 1. The van der Waals surface area contributed by atoms with Crippen molar-refractivity contribution in [3.05, 3.63) is 72.2 Å². The van der Waals surface area contributed by atoms with Crippen molar-refractivity contribution in [2.24, 2.45) is 0 Å². The van der Waals surface area contributed by atoms with E-state index >= 15 is 0 Å². The van der Waals surface area contributed by atoms with E-state index in [0.717, 1.165) is 24.1 Å². The second kappa shape index (κ2) is 7.89. The molecule has 1 fully saturated rings. The number of para-hydroxylation sites is 1. The van der Waals surface area contributed by atoms with E-state index in [1.54, 1.807) is 28.1 Å². The van der Waals surface area contributed by atoms with Crippen molar-refractivity contribution in [3.8, 4) is 23.0 Å². The molecule has 0 bridgehead atoms. The quantitative estimate of drug-likeness (QED) is 0.521. The van der Waals surface area contributed by atoms with Gasteiger partial charge < -0.3 is 4.90 Å². The average Bonchev–Trinajstić information content (AvgIpc) is 3.43. The van der Waals surface area contributed by atoms with Gasteiger partial charge in [0.05, 0.1) is 5.69 Å². The fourth-order valence-electron chi connectivity index (χ4n) is 3.32. The Balaban J connectivity index is 1.79. The third kappa shape index (κ3) is 3.55. The van der Waals surface area contributed by atoms with Crippen LogP contribution in [0.2, 0.25) is 0 Å². The van der Waals surface area contributed by atoms with Gasteiger partial charge in [-0.3, -0.25) is 9.78 Å². The van der Waals surface area contributed by atoms with E-state index < -0.39 is 0 Å². The van der Waals surface area contributed by atoms with Crippen LogP contribution in [0.1, 0.15) is 18.4 Å². The minimum Gasteiger partial charge on any atom is -0.338 e. The highest BCUT2D eigenvalue weighted by molar-refractivity contribution is 6.02. The fraction of sp³-hybridized carbons (Fsp3) is 0.182. The molecule has 28 heavy (non-hydrogen) atoms. The molecule has 1 aromatic carbocycles. The summed E-state index contributed by atoms with van der Waals surface area (Å²) in [6.45, 7) is 1.41. The van der Waals surface area contributed by atoms with Crippen LogP contribution in [0.5, 0.6) is 0 Å². The molecule has 6 nitrogen and oxygen atoms in total. The number of rotatable bonds is 4. The summed E-state index contributed by atoms with van der Waals surface area (Å²) in [6, 6.07) is 15.5. The van der Waals surface area contributed by atoms with Crippen LogP contribution in [-0.2, 0) is 4.79 Å². The third-order valence-corrected chi connectivity index (χ3v) is 4.74. The molecule has 2 aromatic heterocycles. The highest BCUT2D eigenvalue weighted by Gasteiger charge is 2.22. The molecular formula is C22H19N5O. The molecule has 1 aliphatic heterocycles. The largest absolute Gasteiger partial charge is 0.338 e. The molecule has 0 spiro atoms. The number of likely N-dealkylation sites (tertiary alicyclic amines) is 1. The topological polar surface area (TPSA) is 74.8 Å². The normalized spacial score (nSPS) is 14.1. The van der Waals surface area contributed by atoms with Crippen molar-refractivity contribution in [3.63, 3.8) is 0 Å². The lowest BCUT2D eigenvalue weighted by molar-refractivity contribution is -0.125. The van der Waals surface area contributed by atoms with Crippen LogP contribution in [0.25, 0.3) is 23.0 Å². The van der Waals surface area contributed by atoms with Gasteiger partial charge in [0.1, 0.15) is 17.3 Å². The Morgan fingerprint density at radius 3 is 2.57 bits per heavy atom. The summed E-state index contributed by atoms with van der Waals surface area (Å²) in [5.74, 6) is -0.218. The average molecular weight is 369 g/mol. The molecule has 0 atom stereocenters. The summed E-state index contributed by atoms with van der Waals surface area (Å²) < 4.78 is 1.75. The van der Waals surface area contributed by atoms with Crippen molar-refractivity contribution in [2.75, 3.05) is 13.1 Å². The number of nitrogens with zero attached hydrogens (tertiary/aromatic N) is 5. The molecule has 1 saturated heterocycles. The minimum absolute atomic E-state index is 0.125. The maximum absolute atomic E-state index is 12.7. The summed E-state index contributed by atoms with van der Waals surface area (Å²) in [5, 5.41) is 14.3. The summed E-state index contributed by atoms with van der Waals surface area (Å²) in [6.07, 6.45) is 8.87. The predicted molar refractivity (Wildman–Crippen MR) is 106 cm³/mol. The van der Waals surface area contributed by atoms with Gasteiger partial charge in [0, 0.05) is 42.8 Å². The molecule has 6 heteroatoms. The number of nitriles is 1. The van der Waals surface area contributed by atoms with Crippen molar-refractivity contribution >= 4 is 12.0 Å². The highest BCUT2D eigenvalue weighted by atomic mass is 16.2. The molecule has 0 unspecified atom stereocenters. The maximum Gasteiger partial charge on any atom is 0.264 e. The van der Waals surface area contributed by atoms with Crippen molar-refractivity contribution in [1.29, 1.82) is 5.26 Å². The van der Waals surface area contributed by atoms with Crippen LogP contribution in [0.4, 0.5) is 0 Å². The van der Waals surface area contributed by atoms with Crippen molar-refractivity contribution in [2.45, 2.75) is 12.8 Å². The number of carbonyl (C=O) groups is 1. The number of carbonyl (C=O) groups excluding carboxylic acids is 1. The second-order valence-electron chi connectivity index (χ2n) is 6.62. The van der Waals surface area contributed by atoms with Gasteiger partial charge >= 0.3 is 0 Å². The van der Waals surface area contributed by atoms with Gasteiger partial charge in [0.25, 0.3) is 5.91 Å². The molecule has 4 rings (SSSR count). The van der Waals surface area contributed by atoms with Gasteiger partial charge in [-0.25, -0.2) is 4.68 Å². The Bertz CT molecular complexity index is 1040. The molecule has 1 aliphatic rings. The van der Waals surface area contributed by atoms with Crippen LogP contribution in [0.3, 0.4) is 0 Å². The molecule has 0 aliphatic carbocycles. The van der Waals surface area contributed by atoms with Gasteiger partial charge in [-0.15, -0.1) is 0 Å². The third-order valence-electron chi connectivity index (χ3n) is 4.74. The first-order valence-corrected chi connectivity index (χ1v) is 9.23. The van der Waals surface area contributed by atoms with Crippen LogP contribution in [-0.4, -0.2) is 38.7 Å². The van der Waals surface area contributed by atoms with E-state index in [-0.39, 0.29) is 11.5 Å². The van der Waals surface area contributed by atoms with Gasteiger partial charge in [-0.1, -0.05) is 18.2 Å². The second-order valence-corrected chi connectivity index (χ2v) is 6.62. The van der Waals surface area contributed by atoms with Gasteiger partial charge in [0.15, 0.2) is 0 Å². The monoisotopic (exact) mass is 369 g/mol. The SMILES string of the molecule is N#C/C(=C\c1cn(-c2ccccc2)nc1-c1cccnc1)C(=O)N1CCCC1. The van der Waals surface area contributed by atoms with E-state index in [2.05, 4.69) is 11.1 Å². The Hall–Kier alpha value is -3.72. The summed E-state index contributed by atoms with van der Waals surface area (Å²) in [5.41, 5.74) is 3.24. The van der Waals surface area contributed by atoms with Crippen LogP contribution in [0.15, 0.2) is 66.6 Å². The number of hydrogen-bond donors (Lipinski definition) is 0. The molecule has 3 heterocycles. The lowest BCUT2D eigenvalue weighted by Gasteiger charge is -2.13. The zero-order chi connectivity index (χ0) is 19.3. The predicted octanol–water partition coefficient (Wildman–Crippen LogP) is 3.46. The Morgan fingerprint density at radius 2 is 1.89 bits per heavy atom. The van der Waals surface area contributed by atoms with Crippen molar-refractivity contribution in [1.82, 2.24) is 19.7 Å². The first kappa shape index (κ1) is 17.7. The molecule has 1 amide bonds. The summed E-state index contributed by atoms with van der Waals surface area (Å²) in [7, 11) is 0. The lowest BCUT2D eigenvalue weighted by Crippen LogP contribution is -2.28. The standard InChI is InChI=1S/C22H19N5O/c23-14-18(22(28)26-11-4-5-12-26)13-19-16-27(20-8-2-1-3-9-20)25-21(19)17-7-6-10-24-15-17/h1-3,6-10,13,15-16H,4-5,11-12H2/b18-13+. The van der Waals surface area contributed by atoms with Crippen LogP contribution < -0.4 is 0 Å². The van der Waals surface area contributed by atoms with E-state index in [9.17, 15) is 10.1 Å². The zero-order valence-electron chi connectivity index (χ0n) is 15.3.